The molecule has 0 amide bonds. The van der Waals surface area contributed by atoms with Crippen molar-refractivity contribution in [3.05, 3.63) is 22.7 Å². The third-order valence-corrected chi connectivity index (χ3v) is 5.79. The van der Waals surface area contributed by atoms with E-state index in [1.54, 1.807) is 0 Å². The van der Waals surface area contributed by atoms with Crippen LogP contribution in [-0.4, -0.2) is 62.0 Å². The highest BCUT2D eigenvalue weighted by Gasteiger charge is 2.40. The monoisotopic (exact) mass is 338 g/mol. The van der Waals surface area contributed by atoms with Crippen LogP contribution in [0.2, 0.25) is 5.02 Å². The highest BCUT2D eigenvalue weighted by Crippen LogP contribution is 2.38. The molecule has 0 bridgehead atoms. The van der Waals surface area contributed by atoms with Crippen molar-refractivity contribution in [2.45, 2.75) is 24.9 Å². The number of hydrogen-bond acceptors (Lipinski definition) is 5. The number of ether oxygens (including phenoxy) is 3. The summed E-state index contributed by atoms with van der Waals surface area (Å²) in [6.07, 6.45) is 2.21. The summed E-state index contributed by atoms with van der Waals surface area (Å²) in [7, 11) is 2.25. The maximum absolute atomic E-state index is 6.44. The lowest BCUT2D eigenvalue weighted by Crippen LogP contribution is -2.62. The van der Waals surface area contributed by atoms with E-state index in [9.17, 15) is 0 Å². The van der Waals surface area contributed by atoms with Crippen LogP contribution in [0.15, 0.2) is 12.1 Å². The number of hydrogen-bond donors (Lipinski definition) is 0. The smallest absolute Gasteiger partial charge is 0.231 e. The Morgan fingerprint density at radius 3 is 2.65 bits per heavy atom. The molecule has 0 saturated carbocycles. The number of likely N-dealkylation sites (N-methyl/N-ethyl adjacent to an activating group) is 1. The summed E-state index contributed by atoms with van der Waals surface area (Å²) < 4.78 is 16.4. The van der Waals surface area contributed by atoms with Gasteiger partial charge in [0.15, 0.2) is 11.5 Å². The van der Waals surface area contributed by atoms with Crippen LogP contribution >= 0.6 is 11.6 Å². The fourth-order valence-corrected chi connectivity index (χ4v) is 4.11. The van der Waals surface area contributed by atoms with Crippen molar-refractivity contribution in [2.75, 3.05) is 46.7 Å². The summed E-state index contributed by atoms with van der Waals surface area (Å²) in [4.78, 5) is 5.03. The highest BCUT2D eigenvalue weighted by molar-refractivity contribution is 6.31. The normalized spacial score (nSPS) is 24.3. The van der Waals surface area contributed by atoms with E-state index in [2.05, 4.69) is 16.8 Å². The van der Waals surface area contributed by atoms with Gasteiger partial charge in [-0.25, -0.2) is 0 Å². The summed E-state index contributed by atoms with van der Waals surface area (Å²) in [5, 5.41) is 0.759. The zero-order chi connectivity index (χ0) is 15.9. The lowest BCUT2D eigenvalue weighted by molar-refractivity contribution is -0.0625. The van der Waals surface area contributed by atoms with Gasteiger partial charge in [0.2, 0.25) is 6.79 Å². The molecule has 3 aliphatic heterocycles. The second-order valence-corrected chi connectivity index (χ2v) is 7.17. The standard InChI is InChI=1S/C17H23ClN2O3/c1-19-4-5-20(11-17(19)2-6-21-7-3-17)10-13-8-15-16(9-14(13)18)23-12-22-15/h8-9H,2-7,10-12H2,1H3. The van der Waals surface area contributed by atoms with E-state index in [0.29, 0.717) is 0 Å². The molecular weight excluding hydrogens is 316 g/mol. The molecule has 1 aromatic rings. The number of rotatable bonds is 2. The molecular formula is C17H23ClN2O3. The molecule has 0 atom stereocenters. The molecule has 0 N–H and O–H groups in total. The van der Waals surface area contributed by atoms with Crippen LogP contribution in [0.25, 0.3) is 0 Å². The molecule has 3 heterocycles. The summed E-state index contributed by atoms with van der Waals surface area (Å²) in [5.74, 6) is 1.55. The molecule has 2 fully saturated rings. The number of nitrogens with zero attached hydrogens (tertiary/aromatic N) is 2. The van der Waals surface area contributed by atoms with Crippen molar-refractivity contribution in [1.29, 1.82) is 0 Å². The molecule has 0 unspecified atom stereocenters. The largest absolute Gasteiger partial charge is 0.454 e. The zero-order valence-electron chi connectivity index (χ0n) is 13.5. The van der Waals surface area contributed by atoms with Crippen LogP contribution in [0.1, 0.15) is 18.4 Å². The fraction of sp³-hybridized carbons (Fsp3) is 0.647. The fourth-order valence-electron chi connectivity index (χ4n) is 3.89. The minimum atomic E-state index is 0.249. The molecule has 1 aromatic carbocycles. The third kappa shape index (κ3) is 2.91. The Morgan fingerprint density at radius 1 is 1.13 bits per heavy atom. The van der Waals surface area contributed by atoms with Gasteiger partial charge in [-0.05, 0) is 31.5 Å². The molecule has 6 heteroatoms. The van der Waals surface area contributed by atoms with Gasteiger partial charge in [-0.3, -0.25) is 9.80 Å². The van der Waals surface area contributed by atoms with Crippen LogP contribution < -0.4 is 9.47 Å². The average Bonchev–Trinajstić information content (AvgIpc) is 2.99. The van der Waals surface area contributed by atoms with Gasteiger partial charge in [-0.1, -0.05) is 11.6 Å². The summed E-state index contributed by atoms with van der Waals surface area (Å²) in [6, 6.07) is 3.90. The Kier molecular flexibility index (Phi) is 4.13. The molecule has 0 aliphatic carbocycles. The molecule has 4 rings (SSSR count). The van der Waals surface area contributed by atoms with Gasteiger partial charge in [0.05, 0.1) is 0 Å². The lowest BCUT2D eigenvalue weighted by Gasteiger charge is -2.51. The first-order valence-electron chi connectivity index (χ1n) is 8.26. The van der Waals surface area contributed by atoms with E-state index in [0.717, 1.165) is 74.3 Å². The predicted octanol–water partition coefficient (Wildman–Crippen LogP) is 2.37. The molecule has 1 spiro atoms. The van der Waals surface area contributed by atoms with Gasteiger partial charge in [-0.15, -0.1) is 0 Å². The first-order chi connectivity index (χ1) is 11.2. The Labute approximate surface area is 142 Å². The van der Waals surface area contributed by atoms with Crippen LogP contribution in [-0.2, 0) is 11.3 Å². The Hall–Kier alpha value is -1.01. The van der Waals surface area contributed by atoms with E-state index in [4.69, 9.17) is 25.8 Å². The molecule has 2 saturated heterocycles. The van der Waals surface area contributed by atoms with E-state index < -0.39 is 0 Å². The van der Waals surface area contributed by atoms with E-state index >= 15 is 0 Å². The van der Waals surface area contributed by atoms with E-state index in [1.807, 2.05) is 12.1 Å². The Balaban J connectivity index is 1.51. The summed E-state index contributed by atoms with van der Waals surface area (Å²) in [5.41, 5.74) is 1.36. The predicted molar refractivity (Wildman–Crippen MR) is 88.3 cm³/mol. The van der Waals surface area contributed by atoms with Gasteiger partial charge >= 0.3 is 0 Å². The maximum Gasteiger partial charge on any atom is 0.231 e. The van der Waals surface area contributed by atoms with E-state index in [-0.39, 0.29) is 12.3 Å². The average molecular weight is 339 g/mol. The summed E-state index contributed by atoms with van der Waals surface area (Å²) >= 11 is 6.44. The van der Waals surface area contributed by atoms with Gasteiger partial charge < -0.3 is 14.2 Å². The lowest BCUT2D eigenvalue weighted by atomic mass is 9.86. The van der Waals surface area contributed by atoms with Crippen molar-refractivity contribution in [2.24, 2.45) is 0 Å². The Morgan fingerprint density at radius 2 is 1.87 bits per heavy atom. The number of piperazine rings is 1. The van der Waals surface area contributed by atoms with Crippen molar-refractivity contribution >= 4 is 11.6 Å². The maximum atomic E-state index is 6.44. The van der Waals surface area contributed by atoms with Crippen LogP contribution in [0, 0.1) is 0 Å². The molecule has 126 valence electrons. The number of fused-ring (bicyclic) bond motifs is 1. The van der Waals surface area contributed by atoms with Gasteiger partial charge in [0, 0.05) is 56.0 Å². The van der Waals surface area contributed by atoms with Crippen LogP contribution in [0.4, 0.5) is 0 Å². The second-order valence-electron chi connectivity index (χ2n) is 6.77. The quantitative estimate of drug-likeness (QED) is 0.827. The van der Waals surface area contributed by atoms with Crippen LogP contribution in [0.3, 0.4) is 0 Å². The number of halogens is 1. The Bertz CT molecular complexity index is 589. The highest BCUT2D eigenvalue weighted by atomic mass is 35.5. The number of benzene rings is 1. The van der Waals surface area contributed by atoms with Crippen molar-refractivity contribution < 1.29 is 14.2 Å². The van der Waals surface area contributed by atoms with Crippen molar-refractivity contribution in [1.82, 2.24) is 9.80 Å². The van der Waals surface area contributed by atoms with Crippen molar-refractivity contribution in [3.8, 4) is 11.5 Å². The second kappa shape index (κ2) is 6.13. The van der Waals surface area contributed by atoms with Gasteiger partial charge in [-0.2, -0.15) is 0 Å². The SMILES string of the molecule is CN1CCN(Cc2cc3c(cc2Cl)OCO3)CC12CCOCC2. The molecule has 23 heavy (non-hydrogen) atoms. The van der Waals surface area contributed by atoms with Crippen LogP contribution in [0.5, 0.6) is 11.5 Å². The topological polar surface area (TPSA) is 34.2 Å². The molecule has 3 aliphatic rings. The van der Waals surface area contributed by atoms with E-state index in [1.165, 1.54) is 0 Å². The third-order valence-electron chi connectivity index (χ3n) is 5.44. The molecule has 0 radical (unpaired) electrons. The molecule has 0 aromatic heterocycles. The van der Waals surface area contributed by atoms with Gasteiger partial charge in [0.1, 0.15) is 0 Å². The molecule has 5 nitrogen and oxygen atoms in total. The zero-order valence-corrected chi connectivity index (χ0v) is 14.3. The van der Waals surface area contributed by atoms with Gasteiger partial charge in [0.25, 0.3) is 0 Å². The first-order valence-corrected chi connectivity index (χ1v) is 8.63. The minimum absolute atomic E-state index is 0.249. The van der Waals surface area contributed by atoms with Crippen molar-refractivity contribution in [3.63, 3.8) is 0 Å². The first kappa shape index (κ1) is 15.5. The minimum Gasteiger partial charge on any atom is -0.454 e. The summed E-state index contributed by atoms with van der Waals surface area (Å²) in [6.45, 7) is 6.08.